The Morgan fingerprint density at radius 2 is 2.11 bits per heavy atom. The minimum absolute atomic E-state index is 0.0866. The summed E-state index contributed by atoms with van der Waals surface area (Å²) in [4.78, 5) is 28.4. The van der Waals surface area contributed by atoms with Crippen molar-refractivity contribution in [2.75, 3.05) is 5.32 Å². The lowest BCUT2D eigenvalue weighted by molar-refractivity contribution is -0.115. The normalized spacial score (nSPS) is 10.9. The number of thioether (sulfide) groups is 1. The number of anilines is 1. The predicted molar refractivity (Wildman–Crippen MR) is 108 cm³/mol. The lowest BCUT2D eigenvalue weighted by atomic mass is 10.2. The summed E-state index contributed by atoms with van der Waals surface area (Å²) in [6.07, 6.45) is 1.11. The molecule has 0 atom stereocenters. The number of amides is 1. The van der Waals surface area contributed by atoms with Gasteiger partial charge in [-0.2, -0.15) is 0 Å². The van der Waals surface area contributed by atoms with Crippen LogP contribution in [0.1, 0.15) is 29.6 Å². The summed E-state index contributed by atoms with van der Waals surface area (Å²) in [7, 11) is 0. The van der Waals surface area contributed by atoms with Crippen molar-refractivity contribution in [1.29, 1.82) is 0 Å². The summed E-state index contributed by atoms with van der Waals surface area (Å²) in [6.45, 7) is 4.66. The van der Waals surface area contributed by atoms with Crippen molar-refractivity contribution in [2.45, 2.75) is 44.1 Å². The maximum absolute atomic E-state index is 12.2. The number of benzene rings is 1. The topological polar surface area (TPSA) is 92.7 Å². The van der Waals surface area contributed by atoms with E-state index in [1.54, 1.807) is 4.57 Å². The first-order valence-corrected chi connectivity index (χ1v) is 10.5. The second kappa shape index (κ2) is 9.01. The monoisotopic (exact) mass is 403 g/mol. The molecule has 0 spiro atoms. The van der Waals surface area contributed by atoms with Gasteiger partial charge in [0.2, 0.25) is 5.91 Å². The van der Waals surface area contributed by atoms with Crippen molar-refractivity contribution >= 4 is 34.7 Å². The van der Waals surface area contributed by atoms with Gasteiger partial charge in [-0.3, -0.25) is 9.36 Å². The fourth-order valence-corrected chi connectivity index (χ4v) is 4.21. The minimum atomic E-state index is -0.189. The molecule has 0 aliphatic heterocycles. The SMILES string of the molecule is CCCn1c(SCc2csc(CC(=O)Nc3ccc(C)cc3)n2)n[nH]c1=O. The van der Waals surface area contributed by atoms with Gasteiger partial charge < -0.3 is 5.32 Å². The number of hydrogen-bond acceptors (Lipinski definition) is 6. The van der Waals surface area contributed by atoms with E-state index in [-0.39, 0.29) is 18.0 Å². The third-order valence-corrected chi connectivity index (χ3v) is 5.67. The highest BCUT2D eigenvalue weighted by molar-refractivity contribution is 7.98. The molecule has 0 saturated heterocycles. The van der Waals surface area contributed by atoms with Crippen molar-refractivity contribution < 1.29 is 4.79 Å². The van der Waals surface area contributed by atoms with Gasteiger partial charge in [0.1, 0.15) is 5.01 Å². The van der Waals surface area contributed by atoms with Gasteiger partial charge in [-0.05, 0) is 25.5 Å². The van der Waals surface area contributed by atoms with E-state index >= 15 is 0 Å². The van der Waals surface area contributed by atoms with Crippen molar-refractivity contribution in [3.05, 3.63) is 56.4 Å². The molecule has 0 aliphatic carbocycles. The first kappa shape index (κ1) is 19.4. The van der Waals surface area contributed by atoms with Crippen molar-refractivity contribution in [3.63, 3.8) is 0 Å². The van der Waals surface area contributed by atoms with E-state index in [0.29, 0.717) is 17.5 Å². The van der Waals surface area contributed by atoms with E-state index < -0.39 is 0 Å². The third-order valence-electron chi connectivity index (χ3n) is 3.77. The van der Waals surface area contributed by atoms with Crippen molar-refractivity contribution in [1.82, 2.24) is 19.7 Å². The second-order valence-electron chi connectivity index (χ2n) is 6.08. The maximum atomic E-state index is 12.2. The number of nitrogens with zero attached hydrogens (tertiary/aromatic N) is 3. The molecule has 3 aromatic rings. The van der Waals surface area contributed by atoms with Crippen molar-refractivity contribution in [3.8, 4) is 0 Å². The van der Waals surface area contributed by atoms with E-state index in [4.69, 9.17) is 0 Å². The Hall–Kier alpha value is -2.39. The van der Waals surface area contributed by atoms with Gasteiger partial charge in [-0.25, -0.2) is 14.9 Å². The molecule has 0 bridgehead atoms. The number of nitrogens with one attached hydrogen (secondary N) is 2. The van der Waals surface area contributed by atoms with E-state index in [1.165, 1.54) is 23.1 Å². The maximum Gasteiger partial charge on any atom is 0.343 e. The number of carbonyl (C=O) groups excluding carboxylic acids is 1. The lowest BCUT2D eigenvalue weighted by Crippen LogP contribution is -2.17. The molecule has 1 aromatic carbocycles. The number of H-pyrrole nitrogens is 1. The number of aromatic amines is 1. The van der Waals surface area contributed by atoms with Crippen LogP contribution in [0.25, 0.3) is 0 Å². The van der Waals surface area contributed by atoms with Crippen LogP contribution in [0.4, 0.5) is 5.69 Å². The number of carbonyl (C=O) groups is 1. The van der Waals surface area contributed by atoms with Crippen LogP contribution in [0.15, 0.2) is 39.6 Å². The van der Waals surface area contributed by atoms with Gasteiger partial charge >= 0.3 is 5.69 Å². The molecule has 2 heterocycles. The number of aryl methyl sites for hydroxylation is 1. The fourth-order valence-electron chi connectivity index (χ4n) is 2.45. The molecule has 0 radical (unpaired) electrons. The highest BCUT2D eigenvalue weighted by atomic mass is 32.2. The van der Waals surface area contributed by atoms with Crippen LogP contribution in [0.5, 0.6) is 0 Å². The number of rotatable bonds is 8. The third kappa shape index (κ3) is 5.30. The van der Waals surface area contributed by atoms with Gasteiger partial charge in [0.15, 0.2) is 5.16 Å². The average Bonchev–Trinajstić information content (AvgIpc) is 3.23. The molecule has 1 amide bonds. The highest BCUT2D eigenvalue weighted by Crippen LogP contribution is 2.21. The molecule has 0 saturated carbocycles. The van der Waals surface area contributed by atoms with Crippen LogP contribution in [-0.2, 0) is 23.5 Å². The Bertz CT molecular complexity index is 959. The molecular weight excluding hydrogens is 382 g/mol. The summed E-state index contributed by atoms with van der Waals surface area (Å²) < 4.78 is 1.63. The zero-order chi connectivity index (χ0) is 19.2. The molecule has 0 fully saturated rings. The van der Waals surface area contributed by atoms with E-state index in [1.807, 2.05) is 43.5 Å². The summed E-state index contributed by atoms with van der Waals surface area (Å²) in [5.74, 6) is 0.515. The van der Waals surface area contributed by atoms with Gasteiger partial charge in [-0.15, -0.1) is 16.4 Å². The Morgan fingerprint density at radius 3 is 2.85 bits per heavy atom. The summed E-state index contributed by atoms with van der Waals surface area (Å²) in [5.41, 5.74) is 2.62. The summed E-state index contributed by atoms with van der Waals surface area (Å²) >= 11 is 2.92. The molecule has 142 valence electrons. The largest absolute Gasteiger partial charge is 0.343 e. The van der Waals surface area contributed by atoms with Gasteiger partial charge in [0.25, 0.3) is 0 Å². The molecule has 0 aliphatic rings. The van der Waals surface area contributed by atoms with Crippen LogP contribution in [0, 0.1) is 6.92 Å². The first-order chi connectivity index (χ1) is 13.0. The molecule has 3 rings (SSSR count). The van der Waals surface area contributed by atoms with E-state index in [9.17, 15) is 9.59 Å². The number of aromatic nitrogens is 4. The Balaban J connectivity index is 1.54. The second-order valence-corrected chi connectivity index (χ2v) is 7.96. The molecule has 7 nitrogen and oxygen atoms in total. The predicted octanol–water partition coefficient (Wildman–Crippen LogP) is 3.22. The highest BCUT2D eigenvalue weighted by Gasteiger charge is 2.12. The fraction of sp³-hybridized carbons (Fsp3) is 0.333. The number of hydrogen-bond donors (Lipinski definition) is 2. The van der Waals surface area contributed by atoms with Crippen molar-refractivity contribution in [2.24, 2.45) is 0 Å². The molecular formula is C18H21N5O2S2. The lowest BCUT2D eigenvalue weighted by Gasteiger charge is -2.04. The average molecular weight is 404 g/mol. The molecule has 0 unspecified atom stereocenters. The van der Waals surface area contributed by atoms with Crippen LogP contribution in [0.3, 0.4) is 0 Å². The first-order valence-electron chi connectivity index (χ1n) is 8.63. The van der Waals surface area contributed by atoms with Crippen LogP contribution in [0.2, 0.25) is 0 Å². The molecule has 27 heavy (non-hydrogen) atoms. The summed E-state index contributed by atoms with van der Waals surface area (Å²) in [5, 5.41) is 12.8. The standard InChI is InChI=1S/C18H21N5O2S2/c1-3-8-23-17(25)21-22-18(23)27-11-14-10-26-16(20-14)9-15(24)19-13-6-4-12(2)5-7-13/h4-7,10H,3,8-9,11H2,1-2H3,(H,19,24)(H,21,25). The Labute approximate surface area is 165 Å². The molecule has 2 aromatic heterocycles. The van der Waals surface area contributed by atoms with Crippen LogP contribution >= 0.6 is 23.1 Å². The Morgan fingerprint density at radius 1 is 1.33 bits per heavy atom. The van der Waals surface area contributed by atoms with E-state index in [2.05, 4.69) is 20.5 Å². The minimum Gasteiger partial charge on any atom is -0.326 e. The zero-order valence-electron chi connectivity index (χ0n) is 15.2. The molecule has 9 heteroatoms. The molecule has 2 N–H and O–H groups in total. The van der Waals surface area contributed by atoms with Crippen LogP contribution in [-0.4, -0.2) is 25.7 Å². The van der Waals surface area contributed by atoms with Crippen LogP contribution < -0.4 is 11.0 Å². The smallest absolute Gasteiger partial charge is 0.326 e. The number of thiazole rings is 1. The van der Waals surface area contributed by atoms with Gasteiger partial charge in [0, 0.05) is 23.4 Å². The van der Waals surface area contributed by atoms with Gasteiger partial charge in [-0.1, -0.05) is 36.4 Å². The van der Waals surface area contributed by atoms with Gasteiger partial charge in [0.05, 0.1) is 12.1 Å². The summed E-state index contributed by atoms with van der Waals surface area (Å²) in [6, 6.07) is 7.69. The van der Waals surface area contributed by atoms with E-state index in [0.717, 1.165) is 28.4 Å². The zero-order valence-corrected chi connectivity index (χ0v) is 16.8. The quantitative estimate of drug-likeness (QED) is 0.564. The Kier molecular flexibility index (Phi) is 6.46.